The largest absolute Gasteiger partial charge is 0.542 e. The summed E-state index contributed by atoms with van der Waals surface area (Å²) in [4.78, 5) is 17.4. The Morgan fingerprint density at radius 3 is 2.34 bits per heavy atom. The first-order valence-electron chi connectivity index (χ1n) is 13.4. The molecule has 10 nitrogen and oxygen atoms in total. The summed E-state index contributed by atoms with van der Waals surface area (Å²) in [5, 5.41) is 12.7. The lowest BCUT2D eigenvalue weighted by molar-refractivity contribution is -0.344. The number of fused-ring (bicyclic) bond motifs is 1. The minimum Gasteiger partial charge on any atom is -0.542 e. The Morgan fingerprint density at radius 2 is 1.82 bits per heavy atom. The van der Waals surface area contributed by atoms with Crippen LogP contribution in [0.3, 0.4) is 0 Å². The lowest BCUT2D eigenvalue weighted by atomic mass is 9.77. The van der Waals surface area contributed by atoms with E-state index in [1.165, 1.54) is 6.20 Å². The molecule has 0 amide bonds. The molecule has 44 heavy (non-hydrogen) atoms. The molecule has 4 rings (SSSR count). The maximum atomic E-state index is 13.2. The molecule has 1 aliphatic carbocycles. The van der Waals surface area contributed by atoms with Crippen LogP contribution in [0.15, 0.2) is 40.0 Å². The third-order valence-corrected chi connectivity index (χ3v) is 8.34. The average Bonchev–Trinajstić information content (AvgIpc) is 3.30. The van der Waals surface area contributed by atoms with Crippen LogP contribution in [0.4, 0.5) is 27.8 Å². The highest BCUT2D eigenvalue weighted by Crippen LogP contribution is 2.36. The van der Waals surface area contributed by atoms with Gasteiger partial charge in [0.2, 0.25) is 5.88 Å². The molecule has 2 aromatic heterocycles. The molecule has 0 saturated heterocycles. The number of hydrogen-bond donors (Lipinski definition) is 1. The number of carboxylic acid groups (broad SMARTS) is 1. The highest BCUT2D eigenvalue weighted by atomic mass is 32.2. The zero-order valence-corrected chi connectivity index (χ0v) is 25.4. The van der Waals surface area contributed by atoms with Gasteiger partial charge in [-0.15, -0.1) is 0 Å². The number of rotatable bonds is 8. The number of carbonyl (C=O) groups is 1. The smallest absolute Gasteiger partial charge is 0.430 e. The Hall–Kier alpha value is -3.82. The Morgan fingerprint density at radius 1 is 1.16 bits per heavy atom. The van der Waals surface area contributed by atoms with Crippen molar-refractivity contribution in [3.63, 3.8) is 0 Å². The summed E-state index contributed by atoms with van der Waals surface area (Å²) in [5.41, 5.74) is 3.19. The van der Waals surface area contributed by atoms with E-state index < -0.39 is 35.2 Å². The number of benzene rings is 1. The molecule has 0 radical (unpaired) electrons. The standard InChI is InChI=1S/C26H32F2N4O4S.C2HF3O2/c1-15(21-12-30-23(13-29-21)35-14-22(27)28)18-7-6-17-8-9-20(11-19(17)10-18)37(33,34)32-25-16(2)24(36-31-25)26(3,4)5;3-2(4,5)1(6)7/h8-9,11-13,15,18,22H,6-7,10,14H2,1-5H3,(H,31,32);(H,6,7)/p-1/t15-,18?;/m0./s1. The van der Waals surface area contributed by atoms with Crippen LogP contribution < -0.4 is 14.6 Å². The van der Waals surface area contributed by atoms with Crippen LogP contribution in [0.1, 0.15) is 68.2 Å². The molecule has 0 spiro atoms. The molecule has 1 unspecified atom stereocenters. The van der Waals surface area contributed by atoms with Gasteiger partial charge in [-0.2, -0.15) is 13.2 Å². The summed E-state index contributed by atoms with van der Waals surface area (Å²) < 4.78 is 95.5. The number of aliphatic carboxylic acids is 1. The number of anilines is 1. The Kier molecular flexibility index (Phi) is 10.6. The van der Waals surface area contributed by atoms with Crippen LogP contribution in [-0.2, 0) is 33.1 Å². The van der Waals surface area contributed by atoms with E-state index in [1.807, 2.05) is 33.8 Å². The van der Waals surface area contributed by atoms with Crippen molar-refractivity contribution in [2.45, 2.75) is 82.7 Å². The third kappa shape index (κ3) is 8.86. The maximum absolute atomic E-state index is 13.2. The number of sulfonamides is 1. The molecule has 1 aromatic carbocycles. The first-order valence-corrected chi connectivity index (χ1v) is 14.9. The average molecular weight is 648 g/mol. The zero-order chi connectivity index (χ0) is 33.0. The lowest BCUT2D eigenvalue weighted by Crippen LogP contribution is -2.37. The molecular weight excluding hydrogens is 615 g/mol. The molecule has 0 bridgehead atoms. The summed E-state index contributed by atoms with van der Waals surface area (Å²) in [6, 6.07) is 5.22. The van der Waals surface area contributed by atoms with Gasteiger partial charge in [0.05, 0.1) is 23.0 Å². The third-order valence-electron chi connectivity index (χ3n) is 7.00. The van der Waals surface area contributed by atoms with Crippen molar-refractivity contribution in [2.24, 2.45) is 5.92 Å². The van der Waals surface area contributed by atoms with E-state index in [9.17, 15) is 30.4 Å². The van der Waals surface area contributed by atoms with Gasteiger partial charge in [-0.25, -0.2) is 22.2 Å². The Bertz CT molecular complexity index is 1550. The van der Waals surface area contributed by atoms with Crippen molar-refractivity contribution >= 4 is 21.8 Å². The van der Waals surface area contributed by atoms with Crippen molar-refractivity contribution in [2.75, 3.05) is 11.3 Å². The molecule has 1 N–H and O–H groups in total. The number of nitrogens with one attached hydrogen (secondary N) is 1. The molecule has 0 saturated carbocycles. The Labute approximate surface area is 251 Å². The van der Waals surface area contributed by atoms with Gasteiger partial charge in [0.1, 0.15) is 11.7 Å². The van der Waals surface area contributed by atoms with E-state index >= 15 is 0 Å². The Balaban J connectivity index is 0.000000676. The maximum Gasteiger partial charge on any atom is 0.430 e. The second kappa shape index (κ2) is 13.4. The van der Waals surface area contributed by atoms with Gasteiger partial charge in [0.25, 0.3) is 16.4 Å². The molecule has 2 atom stereocenters. The van der Waals surface area contributed by atoms with Crippen molar-refractivity contribution in [1.29, 1.82) is 0 Å². The van der Waals surface area contributed by atoms with Gasteiger partial charge in [-0.05, 0) is 55.4 Å². The predicted octanol–water partition coefficient (Wildman–Crippen LogP) is 4.72. The van der Waals surface area contributed by atoms with Crippen molar-refractivity contribution in [1.82, 2.24) is 15.1 Å². The van der Waals surface area contributed by atoms with E-state index in [2.05, 4.69) is 19.8 Å². The molecule has 242 valence electrons. The molecule has 1 aliphatic rings. The van der Waals surface area contributed by atoms with E-state index in [1.54, 1.807) is 25.3 Å². The summed E-state index contributed by atoms with van der Waals surface area (Å²) in [5.74, 6) is -1.88. The summed E-state index contributed by atoms with van der Waals surface area (Å²) in [6.07, 6.45) is -2.44. The first kappa shape index (κ1) is 34.7. The SMILES string of the molecule is Cc1c(NS(=O)(=O)c2ccc3c(c2)CC([C@H](C)c2cnc(OCC(F)F)cn2)CC3)noc1C(C)(C)C.O=C([O-])C(F)(F)F. The summed E-state index contributed by atoms with van der Waals surface area (Å²) in [6.45, 7) is 9.02. The second-order valence-corrected chi connectivity index (χ2v) is 13.0. The predicted molar refractivity (Wildman–Crippen MR) is 146 cm³/mol. The number of carboxylic acids is 1. The second-order valence-electron chi connectivity index (χ2n) is 11.3. The van der Waals surface area contributed by atoms with Crippen LogP contribution in [0, 0.1) is 12.8 Å². The van der Waals surface area contributed by atoms with Gasteiger partial charge in [-0.3, -0.25) is 9.71 Å². The van der Waals surface area contributed by atoms with Crippen molar-refractivity contribution in [3.8, 4) is 5.88 Å². The normalized spacial score (nSPS) is 16.0. The fraction of sp³-hybridized carbons (Fsp3) is 0.500. The van der Waals surface area contributed by atoms with Crippen LogP contribution in [-0.4, -0.2) is 48.7 Å². The highest BCUT2D eigenvalue weighted by molar-refractivity contribution is 7.92. The van der Waals surface area contributed by atoms with E-state index in [0.29, 0.717) is 17.7 Å². The molecule has 3 aromatic rings. The fourth-order valence-corrected chi connectivity index (χ4v) is 5.81. The number of carbonyl (C=O) groups excluding carboxylic acids is 1. The van der Waals surface area contributed by atoms with Crippen LogP contribution >= 0.6 is 0 Å². The number of aryl methyl sites for hydroxylation is 1. The van der Waals surface area contributed by atoms with E-state index in [-0.39, 0.29) is 33.8 Å². The number of ether oxygens (including phenoxy) is 1. The molecule has 0 aliphatic heterocycles. The van der Waals surface area contributed by atoms with Gasteiger partial charge in [0, 0.05) is 16.9 Å². The quantitative estimate of drug-likeness (QED) is 0.343. The summed E-state index contributed by atoms with van der Waals surface area (Å²) in [7, 11) is -3.87. The van der Waals surface area contributed by atoms with E-state index in [4.69, 9.17) is 19.2 Å². The van der Waals surface area contributed by atoms with Gasteiger partial charge < -0.3 is 19.2 Å². The molecular formula is C28H32F5N4O6S-. The first-order chi connectivity index (χ1) is 20.3. The summed E-state index contributed by atoms with van der Waals surface area (Å²) >= 11 is 0. The number of nitrogens with zero attached hydrogens (tertiary/aromatic N) is 3. The topological polar surface area (TPSA) is 147 Å². The number of hydrogen-bond acceptors (Lipinski definition) is 9. The fourth-order valence-electron chi connectivity index (χ4n) is 4.70. The zero-order valence-electron chi connectivity index (χ0n) is 24.5. The molecule has 16 heteroatoms. The van der Waals surface area contributed by atoms with Gasteiger partial charge >= 0.3 is 6.18 Å². The monoisotopic (exact) mass is 647 g/mol. The minimum absolute atomic E-state index is 0.0387. The number of aromatic nitrogens is 3. The highest BCUT2D eigenvalue weighted by Gasteiger charge is 2.30. The van der Waals surface area contributed by atoms with Crippen molar-refractivity contribution < 1.29 is 49.5 Å². The number of halogens is 5. The van der Waals surface area contributed by atoms with Gasteiger partial charge in [-0.1, -0.05) is 38.9 Å². The number of alkyl halides is 5. The molecule has 2 heterocycles. The van der Waals surface area contributed by atoms with Crippen LogP contribution in [0.2, 0.25) is 0 Å². The van der Waals surface area contributed by atoms with Crippen LogP contribution in [0.25, 0.3) is 0 Å². The van der Waals surface area contributed by atoms with Crippen LogP contribution in [0.5, 0.6) is 5.88 Å². The molecule has 0 fully saturated rings. The lowest BCUT2D eigenvalue weighted by Gasteiger charge is -2.29. The van der Waals surface area contributed by atoms with E-state index in [0.717, 1.165) is 29.7 Å². The van der Waals surface area contributed by atoms with Crippen molar-refractivity contribution in [3.05, 3.63) is 58.7 Å². The van der Waals surface area contributed by atoms with Gasteiger partial charge in [0.15, 0.2) is 12.4 Å². The minimum atomic E-state index is -5.19.